The molecular weight excluding hydrogens is 328 g/mol. The van der Waals surface area contributed by atoms with E-state index < -0.39 is 0 Å². The van der Waals surface area contributed by atoms with Gasteiger partial charge in [-0.3, -0.25) is 4.79 Å². The van der Waals surface area contributed by atoms with E-state index in [4.69, 9.17) is 0 Å². The summed E-state index contributed by atoms with van der Waals surface area (Å²) < 4.78 is 1.03. The van der Waals surface area contributed by atoms with Crippen LogP contribution in [0.1, 0.15) is 28.4 Å². The lowest BCUT2D eigenvalue weighted by atomic mass is 10.1. The van der Waals surface area contributed by atoms with Crippen molar-refractivity contribution in [2.45, 2.75) is 13.5 Å². The first-order valence-electron chi connectivity index (χ1n) is 6.52. The normalized spacial score (nSPS) is 10.0. The molecule has 4 heteroatoms. The van der Waals surface area contributed by atoms with Crippen molar-refractivity contribution < 1.29 is 4.79 Å². The third-order valence-electron chi connectivity index (χ3n) is 3.27. The van der Waals surface area contributed by atoms with Gasteiger partial charge in [0, 0.05) is 23.6 Å². The minimum Gasteiger partial charge on any atom is -0.369 e. The van der Waals surface area contributed by atoms with E-state index in [2.05, 4.69) is 22.0 Å². The smallest absolute Gasteiger partial charge is 0.159 e. The number of nitrogens with zero attached hydrogens (tertiary/aromatic N) is 2. The van der Waals surface area contributed by atoms with Gasteiger partial charge >= 0.3 is 0 Å². The molecule has 106 valence electrons. The van der Waals surface area contributed by atoms with Crippen LogP contribution in [0.25, 0.3) is 0 Å². The zero-order chi connectivity index (χ0) is 15.4. The van der Waals surface area contributed by atoms with Gasteiger partial charge in [0.05, 0.1) is 11.3 Å². The third-order valence-corrected chi connectivity index (χ3v) is 3.80. The van der Waals surface area contributed by atoms with E-state index in [0.29, 0.717) is 17.7 Å². The minimum atomic E-state index is -0.00205. The second-order valence-electron chi connectivity index (χ2n) is 4.88. The maximum atomic E-state index is 11.5. The molecule has 0 aliphatic rings. The van der Waals surface area contributed by atoms with Gasteiger partial charge in [-0.15, -0.1) is 0 Å². The number of anilines is 1. The van der Waals surface area contributed by atoms with Crippen LogP contribution in [0.4, 0.5) is 5.69 Å². The number of halogens is 1. The topological polar surface area (TPSA) is 44.1 Å². The molecule has 0 atom stereocenters. The average Bonchev–Trinajstić information content (AvgIpc) is 2.48. The molecule has 0 aromatic heterocycles. The Bertz CT molecular complexity index is 702. The fraction of sp³-hybridized carbons (Fsp3) is 0.176. The van der Waals surface area contributed by atoms with Gasteiger partial charge in [0.2, 0.25) is 0 Å². The Balaban J connectivity index is 2.31. The summed E-state index contributed by atoms with van der Waals surface area (Å²) in [7, 11) is 1.92. The fourth-order valence-electron chi connectivity index (χ4n) is 2.11. The number of benzene rings is 2. The Morgan fingerprint density at radius 2 is 1.90 bits per heavy atom. The van der Waals surface area contributed by atoms with E-state index in [9.17, 15) is 10.1 Å². The highest BCUT2D eigenvalue weighted by Gasteiger charge is 2.11. The van der Waals surface area contributed by atoms with Gasteiger partial charge in [-0.2, -0.15) is 5.26 Å². The zero-order valence-electron chi connectivity index (χ0n) is 11.9. The van der Waals surface area contributed by atoms with Crippen molar-refractivity contribution in [1.82, 2.24) is 0 Å². The molecule has 0 heterocycles. The zero-order valence-corrected chi connectivity index (χ0v) is 13.5. The first kappa shape index (κ1) is 15.3. The number of hydrogen-bond donors (Lipinski definition) is 0. The first-order chi connectivity index (χ1) is 10.0. The van der Waals surface area contributed by atoms with Crippen LogP contribution in [-0.2, 0) is 6.54 Å². The summed E-state index contributed by atoms with van der Waals surface area (Å²) in [5, 5.41) is 9.23. The van der Waals surface area contributed by atoms with Gasteiger partial charge in [-0.05, 0) is 42.8 Å². The van der Waals surface area contributed by atoms with E-state index in [-0.39, 0.29) is 5.78 Å². The summed E-state index contributed by atoms with van der Waals surface area (Å²) in [5.74, 6) is -0.00205. The van der Waals surface area contributed by atoms with Crippen molar-refractivity contribution in [2.24, 2.45) is 0 Å². The predicted molar refractivity (Wildman–Crippen MR) is 87.4 cm³/mol. The third kappa shape index (κ3) is 3.71. The monoisotopic (exact) mass is 342 g/mol. The summed E-state index contributed by atoms with van der Waals surface area (Å²) in [6.07, 6.45) is 0. The first-order valence-corrected chi connectivity index (χ1v) is 7.31. The number of rotatable bonds is 4. The second kappa shape index (κ2) is 6.55. The highest BCUT2D eigenvalue weighted by Crippen LogP contribution is 2.23. The Morgan fingerprint density at radius 3 is 2.48 bits per heavy atom. The average molecular weight is 343 g/mol. The Kier molecular flexibility index (Phi) is 4.77. The molecule has 0 aliphatic heterocycles. The highest BCUT2D eigenvalue weighted by molar-refractivity contribution is 9.10. The maximum absolute atomic E-state index is 11.5. The lowest BCUT2D eigenvalue weighted by Crippen LogP contribution is -2.18. The molecule has 0 saturated heterocycles. The van der Waals surface area contributed by atoms with Crippen molar-refractivity contribution >= 4 is 27.4 Å². The molecule has 0 saturated carbocycles. The minimum absolute atomic E-state index is 0.00205. The van der Waals surface area contributed by atoms with Gasteiger partial charge in [0.1, 0.15) is 6.07 Å². The molecule has 0 fully saturated rings. The quantitative estimate of drug-likeness (QED) is 0.783. The summed E-state index contributed by atoms with van der Waals surface area (Å²) in [6, 6.07) is 15.4. The van der Waals surface area contributed by atoms with Crippen molar-refractivity contribution in [3.8, 4) is 6.07 Å². The molecule has 0 unspecified atom stereocenters. The van der Waals surface area contributed by atoms with Crippen LogP contribution in [0, 0.1) is 11.3 Å². The molecule has 2 aromatic carbocycles. The van der Waals surface area contributed by atoms with Crippen LogP contribution in [0.2, 0.25) is 0 Å². The summed E-state index contributed by atoms with van der Waals surface area (Å²) in [4.78, 5) is 13.5. The van der Waals surface area contributed by atoms with E-state index in [0.717, 1.165) is 15.7 Å². The molecule has 2 aromatic rings. The van der Waals surface area contributed by atoms with Crippen LogP contribution < -0.4 is 4.90 Å². The highest BCUT2D eigenvalue weighted by atomic mass is 79.9. The van der Waals surface area contributed by atoms with Gasteiger partial charge in [0.25, 0.3) is 0 Å². The van der Waals surface area contributed by atoms with E-state index in [1.54, 1.807) is 18.2 Å². The molecule has 0 aliphatic carbocycles. The van der Waals surface area contributed by atoms with E-state index in [1.807, 2.05) is 36.2 Å². The van der Waals surface area contributed by atoms with Crippen molar-refractivity contribution in [1.29, 1.82) is 5.26 Å². The van der Waals surface area contributed by atoms with Crippen LogP contribution in [-0.4, -0.2) is 12.8 Å². The Labute approximate surface area is 132 Å². The number of hydrogen-bond acceptors (Lipinski definition) is 3. The summed E-state index contributed by atoms with van der Waals surface area (Å²) >= 11 is 3.41. The molecule has 0 spiro atoms. The molecule has 21 heavy (non-hydrogen) atoms. The second-order valence-corrected chi connectivity index (χ2v) is 5.80. The van der Waals surface area contributed by atoms with Crippen molar-refractivity contribution in [3.05, 3.63) is 63.6 Å². The van der Waals surface area contributed by atoms with Gasteiger partial charge in [-0.25, -0.2) is 0 Å². The van der Waals surface area contributed by atoms with Crippen molar-refractivity contribution in [2.75, 3.05) is 11.9 Å². The van der Waals surface area contributed by atoms with Gasteiger partial charge in [0.15, 0.2) is 5.78 Å². The summed E-state index contributed by atoms with van der Waals surface area (Å²) in [6.45, 7) is 2.20. The number of ketones is 1. The maximum Gasteiger partial charge on any atom is 0.159 e. The molecule has 0 amide bonds. The molecular formula is C17H15BrN2O. The van der Waals surface area contributed by atoms with Crippen LogP contribution in [0.15, 0.2) is 46.9 Å². The predicted octanol–water partition coefficient (Wildman–Crippen LogP) is 4.16. The van der Waals surface area contributed by atoms with Crippen LogP contribution >= 0.6 is 15.9 Å². The number of carbonyl (C=O) groups excluding carboxylic acids is 1. The molecule has 3 nitrogen and oxygen atoms in total. The SMILES string of the molecule is CC(=O)c1ccc(C#N)c(N(C)Cc2ccc(Br)cc2)c1. The standard InChI is InChI=1S/C17H15BrN2O/c1-12(21)14-5-6-15(10-19)17(9-14)20(2)11-13-3-7-16(18)8-4-13/h3-9H,11H2,1-2H3. The summed E-state index contributed by atoms with van der Waals surface area (Å²) in [5.41, 5.74) is 3.09. The van der Waals surface area contributed by atoms with Crippen molar-refractivity contribution in [3.63, 3.8) is 0 Å². The van der Waals surface area contributed by atoms with E-state index >= 15 is 0 Å². The number of Topliss-reactive ketones (excluding diaryl/α,β-unsaturated/α-hetero) is 1. The largest absolute Gasteiger partial charge is 0.369 e. The van der Waals surface area contributed by atoms with Gasteiger partial charge in [-0.1, -0.05) is 28.1 Å². The van der Waals surface area contributed by atoms with Crippen LogP contribution in [0.5, 0.6) is 0 Å². The van der Waals surface area contributed by atoms with Crippen LogP contribution in [0.3, 0.4) is 0 Å². The number of nitriles is 1. The number of carbonyl (C=O) groups is 1. The lowest BCUT2D eigenvalue weighted by molar-refractivity contribution is 0.101. The lowest BCUT2D eigenvalue weighted by Gasteiger charge is -2.21. The molecule has 0 radical (unpaired) electrons. The molecule has 0 N–H and O–H groups in total. The van der Waals surface area contributed by atoms with Gasteiger partial charge < -0.3 is 4.90 Å². The Morgan fingerprint density at radius 1 is 1.24 bits per heavy atom. The molecule has 2 rings (SSSR count). The Hall–Kier alpha value is -2.12. The molecule has 0 bridgehead atoms. The fourth-order valence-corrected chi connectivity index (χ4v) is 2.37. The van der Waals surface area contributed by atoms with E-state index in [1.165, 1.54) is 6.92 Å².